The van der Waals surface area contributed by atoms with Gasteiger partial charge in [0, 0.05) is 11.8 Å². The fourth-order valence-corrected chi connectivity index (χ4v) is 2.31. The second-order valence-corrected chi connectivity index (χ2v) is 5.60. The molecule has 0 radical (unpaired) electrons. The Balaban J connectivity index is 1.86. The van der Waals surface area contributed by atoms with Gasteiger partial charge in [0.25, 0.3) is 0 Å². The average Bonchev–Trinajstić information content (AvgIpc) is 2.69. The smallest absolute Gasteiger partial charge is 0.233 e. The van der Waals surface area contributed by atoms with Crippen LogP contribution in [0.1, 0.15) is 11.1 Å². The van der Waals surface area contributed by atoms with Gasteiger partial charge in [-0.05, 0) is 48.0 Å². The molecule has 0 aliphatic carbocycles. The normalized spacial score (nSPS) is 10.3. The zero-order chi connectivity index (χ0) is 20.8. The molecule has 142 valence electrons. The Hall–Kier alpha value is -4.57. The molecule has 0 bridgehead atoms. The third-order valence-corrected chi connectivity index (χ3v) is 3.57. The molecule has 1 heterocycles. The number of nitrogens with one attached hydrogen (secondary N) is 2. The first-order chi connectivity index (χ1) is 14.0. The Bertz CT molecular complexity index is 1140. The molecule has 29 heavy (non-hydrogen) atoms. The highest BCUT2D eigenvalue weighted by molar-refractivity contribution is 5.63. The van der Waals surface area contributed by atoms with E-state index in [2.05, 4.69) is 25.6 Å². The molecule has 0 saturated carbocycles. The van der Waals surface area contributed by atoms with Gasteiger partial charge in [-0.25, -0.2) is 8.78 Å². The monoisotopic (exact) mass is 390 g/mol. The topological polar surface area (TPSA) is 136 Å². The number of rotatable bonds is 5. The molecule has 1 aromatic heterocycles. The molecule has 8 nitrogen and oxygen atoms in total. The summed E-state index contributed by atoms with van der Waals surface area (Å²) in [5.74, 6) is -2.11. The SMILES string of the molecule is N#C/C=C/c1cc(F)c(Nc2nc(N)nc(Nc3ccc(C#N)cc3)n2)c(F)c1. The molecule has 0 spiro atoms. The minimum Gasteiger partial charge on any atom is -0.368 e. The number of nitrogen functional groups attached to an aromatic ring is 1. The van der Waals surface area contributed by atoms with Crippen LogP contribution in [0.2, 0.25) is 0 Å². The first kappa shape index (κ1) is 19.2. The summed E-state index contributed by atoms with van der Waals surface area (Å²) in [7, 11) is 0. The molecule has 0 unspecified atom stereocenters. The van der Waals surface area contributed by atoms with Crippen LogP contribution in [0, 0.1) is 34.3 Å². The van der Waals surface area contributed by atoms with Crippen molar-refractivity contribution in [3.63, 3.8) is 0 Å². The van der Waals surface area contributed by atoms with Crippen LogP contribution in [0.15, 0.2) is 42.5 Å². The molecule has 0 fully saturated rings. The Morgan fingerprint density at radius 2 is 1.55 bits per heavy atom. The van der Waals surface area contributed by atoms with Gasteiger partial charge in [0.15, 0.2) is 0 Å². The van der Waals surface area contributed by atoms with Gasteiger partial charge < -0.3 is 16.4 Å². The fraction of sp³-hybridized carbons (Fsp3) is 0. The van der Waals surface area contributed by atoms with E-state index in [0.29, 0.717) is 11.3 Å². The largest absolute Gasteiger partial charge is 0.368 e. The summed E-state index contributed by atoms with van der Waals surface area (Å²) in [4.78, 5) is 11.8. The van der Waals surface area contributed by atoms with Crippen LogP contribution in [0.4, 0.5) is 38.0 Å². The molecule has 0 atom stereocenters. The van der Waals surface area contributed by atoms with E-state index >= 15 is 0 Å². The van der Waals surface area contributed by atoms with Crippen LogP contribution < -0.4 is 16.4 Å². The fourth-order valence-electron chi connectivity index (χ4n) is 2.31. The van der Waals surface area contributed by atoms with Gasteiger partial charge in [-0.3, -0.25) is 0 Å². The molecule has 0 aliphatic heterocycles. The summed E-state index contributed by atoms with van der Waals surface area (Å²) in [6.07, 6.45) is 2.38. The standard InChI is InChI=1S/C19H12F2N8/c20-14-8-12(2-1-7-22)9-15(21)16(14)26-19-28-17(24)27-18(29-19)25-13-5-3-11(10-23)4-6-13/h1-6,8-9H,(H4,24,25,26,27,28,29)/b2-1+. The Labute approximate surface area is 164 Å². The Morgan fingerprint density at radius 3 is 2.14 bits per heavy atom. The summed E-state index contributed by atoms with van der Waals surface area (Å²) in [5.41, 5.74) is 6.42. The number of aromatic nitrogens is 3. The predicted molar refractivity (Wildman–Crippen MR) is 103 cm³/mol. The molecule has 2 aromatic carbocycles. The van der Waals surface area contributed by atoms with Crippen LogP contribution in [0.25, 0.3) is 6.08 Å². The summed E-state index contributed by atoms with van der Waals surface area (Å²) < 4.78 is 28.6. The van der Waals surface area contributed by atoms with Crippen LogP contribution in [-0.4, -0.2) is 15.0 Å². The maximum atomic E-state index is 14.3. The lowest BCUT2D eigenvalue weighted by molar-refractivity contribution is 0.589. The van der Waals surface area contributed by atoms with Gasteiger partial charge in [0.05, 0.1) is 17.7 Å². The molecule has 3 aromatic rings. The molecule has 0 amide bonds. The molecule has 0 saturated heterocycles. The van der Waals surface area contributed by atoms with E-state index < -0.39 is 17.3 Å². The van der Waals surface area contributed by atoms with E-state index in [1.54, 1.807) is 30.3 Å². The lowest BCUT2D eigenvalue weighted by atomic mass is 10.1. The minimum absolute atomic E-state index is 0.0408. The Morgan fingerprint density at radius 1 is 0.931 bits per heavy atom. The van der Waals surface area contributed by atoms with Crippen molar-refractivity contribution in [3.05, 3.63) is 65.2 Å². The Kier molecular flexibility index (Phi) is 5.57. The van der Waals surface area contributed by atoms with Gasteiger partial charge in [-0.1, -0.05) is 0 Å². The number of anilines is 5. The number of hydrogen-bond acceptors (Lipinski definition) is 8. The van der Waals surface area contributed by atoms with E-state index in [1.807, 2.05) is 6.07 Å². The van der Waals surface area contributed by atoms with Crippen molar-refractivity contribution in [1.29, 1.82) is 10.5 Å². The highest BCUT2D eigenvalue weighted by Gasteiger charge is 2.13. The molecule has 10 heteroatoms. The van der Waals surface area contributed by atoms with E-state index in [4.69, 9.17) is 16.3 Å². The highest BCUT2D eigenvalue weighted by atomic mass is 19.1. The molecular weight excluding hydrogens is 378 g/mol. The average molecular weight is 390 g/mol. The van der Waals surface area contributed by atoms with E-state index in [-0.39, 0.29) is 23.4 Å². The van der Waals surface area contributed by atoms with Gasteiger partial charge in [0.2, 0.25) is 17.8 Å². The third-order valence-electron chi connectivity index (χ3n) is 3.57. The maximum absolute atomic E-state index is 14.3. The number of nitrogens with zero attached hydrogens (tertiary/aromatic N) is 5. The van der Waals surface area contributed by atoms with Crippen LogP contribution in [0.5, 0.6) is 0 Å². The quantitative estimate of drug-likeness (QED) is 0.562. The summed E-state index contributed by atoms with van der Waals surface area (Å²) >= 11 is 0. The van der Waals surface area contributed by atoms with Gasteiger partial charge in [-0.15, -0.1) is 0 Å². The van der Waals surface area contributed by atoms with Crippen molar-refractivity contribution < 1.29 is 8.78 Å². The zero-order valence-corrected chi connectivity index (χ0v) is 14.7. The second kappa shape index (κ2) is 8.41. The van der Waals surface area contributed by atoms with Gasteiger partial charge >= 0.3 is 0 Å². The van der Waals surface area contributed by atoms with Crippen molar-refractivity contribution in [2.75, 3.05) is 16.4 Å². The zero-order valence-electron chi connectivity index (χ0n) is 14.7. The summed E-state index contributed by atoms with van der Waals surface area (Å²) in [6.45, 7) is 0. The van der Waals surface area contributed by atoms with E-state index in [0.717, 1.165) is 18.2 Å². The predicted octanol–water partition coefficient (Wildman–Crippen LogP) is 3.63. The molecular formula is C19H12F2N8. The van der Waals surface area contributed by atoms with Crippen molar-refractivity contribution in [2.24, 2.45) is 0 Å². The second-order valence-electron chi connectivity index (χ2n) is 5.60. The molecule has 0 aliphatic rings. The number of allylic oxidation sites excluding steroid dienone is 1. The summed E-state index contributed by atoms with van der Waals surface area (Å²) in [5, 5.41) is 22.6. The minimum atomic E-state index is -0.900. The summed E-state index contributed by atoms with van der Waals surface area (Å²) in [6, 6.07) is 12.3. The van der Waals surface area contributed by atoms with Crippen LogP contribution in [-0.2, 0) is 0 Å². The van der Waals surface area contributed by atoms with Gasteiger partial charge in [0.1, 0.15) is 17.3 Å². The van der Waals surface area contributed by atoms with Crippen LogP contribution in [0.3, 0.4) is 0 Å². The van der Waals surface area contributed by atoms with Crippen molar-refractivity contribution in [3.8, 4) is 12.1 Å². The molecule has 3 rings (SSSR count). The number of halogens is 2. The third kappa shape index (κ3) is 4.78. The maximum Gasteiger partial charge on any atom is 0.233 e. The molecule has 4 N–H and O–H groups in total. The van der Waals surface area contributed by atoms with Crippen molar-refractivity contribution in [2.45, 2.75) is 0 Å². The van der Waals surface area contributed by atoms with Crippen LogP contribution >= 0.6 is 0 Å². The first-order valence-corrected chi connectivity index (χ1v) is 8.09. The lowest BCUT2D eigenvalue weighted by Gasteiger charge is -2.11. The van der Waals surface area contributed by atoms with Crippen molar-refractivity contribution >= 4 is 35.3 Å². The highest BCUT2D eigenvalue weighted by Crippen LogP contribution is 2.25. The number of hydrogen-bond donors (Lipinski definition) is 3. The van der Waals surface area contributed by atoms with E-state index in [9.17, 15) is 8.78 Å². The van der Waals surface area contributed by atoms with Gasteiger partial charge in [-0.2, -0.15) is 25.5 Å². The van der Waals surface area contributed by atoms with Crippen molar-refractivity contribution in [1.82, 2.24) is 15.0 Å². The number of benzene rings is 2. The first-order valence-electron chi connectivity index (χ1n) is 8.09. The lowest BCUT2D eigenvalue weighted by Crippen LogP contribution is -2.08. The number of nitrogens with two attached hydrogens (primary N) is 1. The number of nitriles is 2. The van der Waals surface area contributed by atoms with E-state index in [1.165, 1.54) is 6.08 Å².